The van der Waals surface area contributed by atoms with Crippen LogP contribution in [0.15, 0.2) is 0 Å². The molecule has 0 fully saturated rings. The number of halogens is 1. The highest BCUT2D eigenvalue weighted by molar-refractivity contribution is 4.52. The van der Waals surface area contributed by atoms with Crippen LogP contribution in [-0.2, 0) is 0 Å². The first-order valence-electron chi connectivity index (χ1n) is 4.06. The Bertz CT molecular complexity index is 66.3. The molecule has 0 radical (unpaired) electrons. The zero-order valence-electron chi connectivity index (χ0n) is 6.65. The summed E-state index contributed by atoms with van der Waals surface area (Å²) in [5.74, 6) is 0. The van der Waals surface area contributed by atoms with Crippen LogP contribution in [-0.4, -0.2) is 17.9 Å². The summed E-state index contributed by atoms with van der Waals surface area (Å²) in [7, 11) is 0. The molecule has 1 nitrogen and oxygen atoms in total. The van der Waals surface area contributed by atoms with Crippen LogP contribution < -0.4 is 0 Å². The molecule has 0 unspecified atom stereocenters. The molecule has 0 saturated heterocycles. The number of aliphatic hydroxyl groups excluding tert-OH is 1. The van der Waals surface area contributed by atoms with Gasteiger partial charge in [0, 0.05) is 0 Å². The third-order valence-corrected chi connectivity index (χ3v) is 1.57. The van der Waals surface area contributed by atoms with Gasteiger partial charge in [0.1, 0.15) is 6.17 Å². The topological polar surface area (TPSA) is 20.2 Å². The summed E-state index contributed by atoms with van der Waals surface area (Å²) in [6.07, 6.45) is 3.90. The lowest BCUT2D eigenvalue weighted by atomic mass is 10.1. The minimum atomic E-state index is -0.989. The van der Waals surface area contributed by atoms with E-state index >= 15 is 0 Å². The zero-order valence-corrected chi connectivity index (χ0v) is 6.65. The van der Waals surface area contributed by atoms with Crippen LogP contribution in [0.2, 0.25) is 0 Å². The van der Waals surface area contributed by atoms with Crippen LogP contribution in [0.25, 0.3) is 0 Å². The lowest BCUT2D eigenvalue weighted by Gasteiger charge is -2.02. The van der Waals surface area contributed by atoms with E-state index in [2.05, 4.69) is 6.92 Å². The normalized spacial score (nSPS) is 13.5. The summed E-state index contributed by atoms with van der Waals surface area (Å²) in [6, 6.07) is 0. The molecule has 0 amide bonds. The molecule has 0 aromatic heterocycles. The van der Waals surface area contributed by atoms with Crippen molar-refractivity contribution < 1.29 is 9.50 Å². The Labute approximate surface area is 62.3 Å². The smallest absolute Gasteiger partial charge is 0.123 e. The van der Waals surface area contributed by atoms with Gasteiger partial charge in [-0.1, -0.05) is 32.6 Å². The third kappa shape index (κ3) is 6.02. The second kappa shape index (κ2) is 7.00. The van der Waals surface area contributed by atoms with Gasteiger partial charge in [-0.3, -0.25) is 0 Å². The van der Waals surface area contributed by atoms with Crippen LogP contribution >= 0.6 is 0 Å². The number of alkyl halides is 1. The molecule has 10 heavy (non-hydrogen) atoms. The highest BCUT2D eigenvalue weighted by atomic mass is 19.1. The standard InChI is InChI=1S/C8H17FO/c1-2-3-4-5-6-8(9)7-10/h8,10H,2-7H2,1H3/t8-/m1/s1. The van der Waals surface area contributed by atoms with Crippen molar-refractivity contribution in [2.24, 2.45) is 0 Å². The Kier molecular flexibility index (Phi) is 6.93. The molecule has 0 aliphatic carbocycles. The molecule has 1 atom stereocenters. The monoisotopic (exact) mass is 148 g/mol. The average Bonchev–Trinajstić information content (AvgIpc) is 1.98. The second-order valence-electron chi connectivity index (χ2n) is 2.63. The summed E-state index contributed by atoms with van der Waals surface area (Å²) in [4.78, 5) is 0. The van der Waals surface area contributed by atoms with Crippen LogP contribution in [0.4, 0.5) is 4.39 Å². The van der Waals surface area contributed by atoms with Crippen molar-refractivity contribution >= 4 is 0 Å². The Balaban J connectivity index is 2.89. The van der Waals surface area contributed by atoms with Crippen molar-refractivity contribution in [1.82, 2.24) is 0 Å². The van der Waals surface area contributed by atoms with Gasteiger partial charge >= 0.3 is 0 Å². The molecule has 0 bridgehead atoms. The van der Waals surface area contributed by atoms with Gasteiger partial charge < -0.3 is 5.11 Å². The van der Waals surface area contributed by atoms with E-state index < -0.39 is 6.17 Å². The van der Waals surface area contributed by atoms with E-state index in [-0.39, 0.29) is 6.61 Å². The molecule has 2 heteroatoms. The largest absolute Gasteiger partial charge is 0.393 e. The van der Waals surface area contributed by atoms with Crippen LogP contribution in [0.3, 0.4) is 0 Å². The van der Waals surface area contributed by atoms with Gasteiger partial charge in [-0.15, -0.1) is 0 Å². The fourth-order valence-corrected chi connectivity index (χ4v) is 0.884. The summed E-state index contributed by atoms with van der Waals surface area (Å²) < 4.78 is 12.3. The van der Waals surface area contributed by atoms with Gasteiger partial charge in [-0.2, -0.15) is 0 Å². The summed E-state index contributed by atoms with van der Waals surface area (Å²) >= 11 is 0. The molecule has 1 N–H and O–H groups in total. The lowest BCUT2D eigenvalue weighted by molar-refractivity contribution is 0.167. The number of hydrogen-bond donors (Lipinski definition) is 1. The molecule has 0 heterocycles. The maximum atomic E-state index is 12.3. The molecule has 0 aliphatic rings. The van der Waals surface area contributed by atoms with Crippen molar-refractivity contribution in [2.75, 3.05) is 6.61 Å². The molecule has 0 rings (SSSR count). The van der Waals surface area contributed by atoms with E-state index in [1.54, 1.807) is 0 Å². The molecule has 0 aromatic carbocycles. The number of hydrogen-bond acceptors (Lipinski definition) is 1. The first kappa shape index (κ1) is 9.89. The Morgan fingerprint density at radius 3 is 2.50 bits per heavy atom. The molecular weight excluding hydrogens is 131 g/mol. The van der Waals surface area contributed by atoms with Crippen LogP contribution in [0, 0.1) is 0 Å². The SMILES string of the molecule is CCCCCC[C@@H](F)CO. The fraction of sp³-hybridized carbons (Fsp3) is 1.00. The van der Waals surface area contributed by atoms with Crippen LogP contribution in [0.5, 0.6) is 0 Å². The highest BCUT2D eigenvalue weighted by Crippen LogP contribution is 2.06. The minimum Gasteiger partial charge on any atom is -0.393 e. The maximum Gasteiger partial charge on any atom is 0.123 e. The summed E-state index contributed by atoms with van der Waals surface area (Å²) in [5.41, 5.74) is 0. The molecule has 0 saturated carbocycles. The third-order valence-electron chi connectivity index (χ3n) is 1.57. The molecule has 62 valence electrons. The maximum absolute atomic E-state index is 12.3. The van der Waals surface area contributed by atoms with Crippen molar-refractivity contribution in [3.05, 3.63) is 0 Å². The number of aliphatic hydroxyl groups is 1. The van der Waals surface area contributed by atoms with Gasteiger partial charge in [0.05, 0.1) is 6.61 Å². The Morgan fingerprint density at radius 1 is 1.30 bits per heavy atom. The predicted octanol–water partition coefficient (Wildman–Crippen LogP) is 2.29. The van der Waals surface area contributed by atoms with E-state index in [1.807, 2.05) is 0 Å². The number of rotatable bonds is 6. The highest BCUT2D eigenvalue weighted by Gasteiger charge is 2.01. The van der Waals surface area contributed by atoms with Gasteiger partial charge in [0.2, 0.25) is 0 Å². The molecular formula is C8H17FO. The molecule has 0 spiro atoms. The van der Waals surface area contributed by atoms with Gasteiger partial charge in [0.15, 0.2) is 0 Å². The quantitative estimate of drug-likeness (QED) is 0.573. The zero-order chi connectivity index (χ0) is 7.82. The molecule has 0 aliphatic heterocycles. The van der Waals surface area contributed by atoms with E-state index in [4.69, 9.17) is 5.11 Å². The van der Waals surface area contributed by atoms with E-state index in [1.165, 1.54) is 12.8 Å². The fourth-order valence-electron chi connectivity index (χ4n) is 0.884. The van der Waals surface area contributed by atoms with Gasteiger partial charge in [-0.25, -0.2) is 4.39 Å². The van der Waals surface area contributed by atoms with Gasteiger partial charge in [-0.05, 0) is 6.42 Å². The Morgan fingerprint density at radius 2 is 2.00 bits per heavy atom. The average molecular weight is 148 g/mol. The number of unbranched alkanes of at least 4 members (excludes halogenated alkanes) is 3. The summed E-state index contributed by atoms with van der Waals surface area (Å²) in [5, 5.41) is 8.32. The van der Waals surface area contributed by atoms with E-state index in [9.17, 15) is 4.39 Å². The molecule has 0 aromatic rings. The lowest BCUT2D eigenvalue weighted by Crippen LogP contribution is -2.04. The first-order chi connectivity index (χ1) is 4.81. The van der Waals surface area contributed by atoms with Crippen molar-refractivity contribution in [1.29, 1.82) is 0 Å². The minimum absolute atomic E-state index is 0.313. The Hall–Kier alpha value is -0.110. The summed E-state index contributed by atoms with van der Waals surface area (Å²) in [6.45, 7) is 1.81. The predicted molar refractivity (Wildman–Crippen MR) is 40.7 cm³/mol. The van der Waals surface area contributed by atoms with E-state index in [0.29, 0.717) is 6.42 Å². The van der Waals surface area contributed by atoms with Crippen molar-refractivity contribution in [3.8, 4) is 0 Å². The van der Waals surface area contributed by atoms with E-state index in [0.717, 1.165) is 12.8 Å². The van der Waals surface area contributed by atoms with Crippen molar-refractivity contribution in [2.45, 2.75) is 45.2 Å². The van der Waals surface area contributed by atoms with Gasteiger partial charge in [0.25, 0.3) is 0 Å². The van der Waals surface area contributed by atoms with Crippen LogP contribution in [0.1, 0.15) is 39.0 Å². The second-order valence-corrected chi connectivity index (χ2v) is 2.63. The first-order valence-corrected chi connectivity index (χ1v) is 4.06. The van der Waals surface area contributed by atoms with Crippen molar-refractivity contribution in [3.63, 3.8) is 0 Å².